The third kappa shape index (κ3) is 5.62. The molecule has 1 N–H and O–H groups in total. The second kappa shape index (κ2) is 9.83. The topological polar surface area (TPSA) is 60.0 Å². The van der Waals surface area contributed by atoms with Crippen molar-refractivity contribution < 1.29 is 19.0 Å². The highest BCUT2D eigenvalue weighted by molar-refractivity contribution is 5.92. The Kier molecular flexibility index (Phi) is 7.49. The fourth-order valence-corrected chi connectivity index (χ4v) is 2.79. The summed E-state index contributed by atoms with van der Waals surface area (Å²) in [6, 6.07) is 11.2. The molecule has 0 radical (unpaired) electrons. The Morgan fingerprint density at radius 3 is 2.19 bits per heavy atom. The van der Waals surface area contributed by atoms with Crippen molar-refractivity contribution >= 4 is 11.6 Å². The summed E-state index contributed by atoms with van der Waals surface area (Å²) in [7, 11) is 4.86. The van der Waals surface area contributed by atoms with E-state index in [1.165, 1.54) is 0 Å². The van der Waals surface area contributed by atoms with Crippen LogP contribution >= 0.6 is 0 Å². The molecule has 2 aromatic rings. The molecule has 0 unspecified atom stereocenters. The zero-order valence-corrected chi connectivity index (χ0v) is 16.7. The molecule has 1 amide bonds. The highest BCUT2D eigenvalue weighted by Crippen LogP contribution is 2.30. The van der Waals surface area contributed by atoms with Gasteiger partial charge in [0.25, 0.3) is 0 Å². The molecule has 0 aliphatic carbocycles. The van der Waals surface area contributed by atoms with Crippen LogP contribution in [0, 0.1) is 6.92 Å². The molecule has 0 saturated carbocycles. The van der Waals surface area contributed by atoms with Crippen molar-refractivity contribution in [3.8, 4) is 17.2 Å². The Morgan fingerprint density at radius 2 is 1.63 bits per heavy atom. The number of anilines is 1. The smallest absolute Gasteiger partial charge is 0.238 e. The van der Waals surface area contributed by atoms with E-state index < -0.39 is 0 Å². The van der Waals surface area contributed by atoms with Crippen LogP contribution in [-0.2, 0) is 11.3 Å². The lowest BCUT2D eigenvalue weighted by Crippen LogP contribution is -2.33. The summed E-state index contributed by atoms with van der Waals surface area (Å²) in [6.45, 7) is 5.78. The number of methoxy groups -OCH3 is 3. The fraction of sp³-hybridized carbons (Fsp3) is 0.381. The quantitative estimate of drug-likeness (QED) is 0.730. The molecule has 2 aromatic carbocycles. The summed E-state index contributed by atoms with van der Waals surface area (Å²) >= 11 is 0. The van der Waals surface area contributed by atoms with Crippen LogP contribution in [0.5, 0.6) is 17.2 Å². The van der Waals surface area contributed by atoms with Gasteiger partial charge in [-0.15, -0.1) is 0 Å². The van der Waals surface area contributed by atoms with Crippen LogP contribution in [0.4, 0.5) is 5.69 Å². The maximum atomic E-state index is 12.4. The van der Waals surface area contributed by atoms with Crippen LogP contribution in [0.2, 0.25) is 0 Å². The molecule has 0 spiro atoms. The van der Waals surface area contributed by atoms with Gasteiger partial charge in [0.15, 0.2) is 11.5 Å². The summed E-state index contributed by atoms with van der Waals surface area (Å²) in [5.74, 6) is 2.10. The van der Waals surface area contributed by atoms with Gasteiger partial charge in [0.05, 0.1) is 27.9 Å². The van der Waals surface area contributed by atoms with Crippen molar-refractivity contribution in [1.29, 1.82) is 0 Å². The number of rotatable bonds is 9. The van der Waals surface area contributed by atoms with Crippen molar-refractivity contribution in [3.05, 3.63) is 47.5 Å². The predicted molar refractivity (Wildman–Crippen MR) is 107 cm³/mol. The van der Waals surface area contributed by atoms with Crippen molar-refractivity contribution in [1.82, 2.24) is 4.90 Å². The fourth-order valence-electron chi connectivity index (χ4n) is 2.79. The van der Waals surface area contributed by atoms with Gasteiger partial charge < -0.3 is 19.5 Å². The van der Waals surface area contributed by atoms with Gasteiger partial charge >= 0.3 is 0 Å². The number of hydrogen-bond acceptors (Lipinski definition) is 5. The van der Waals surface area contributed by atoms with Crippen LogP contribution in [0.15, 0.2) is 36.4 Å². The number of hydrogen-bond donors (Lipinski definition) is 1. The van der Waals surface area contributed by atoms with Gasteiger partial charge in [-0.2, -0.15) is 0 Å². The van der Waals surface area contributed by atoms with E-state index in [1.54, 1.807) is 21.3 Å². The first kappa shape index (κ1) is 20.6. The molecular formula is C21H28N2O4. The van der Waals surface area contributed by atoms with E-state index in [0.717, 1.165) is 29.1 Å². The van der Waals surface area contributed by atoms with Gasteiger partial charge in [-0.25, -0.2) is 0 Å². The number of likely N-dealkylation sites (N-methyl/N-ethyl adjacent to an activating group) is 1. The lowest BCUT2D eigenvalue weighted by molar-refractivity contribution is -0.117. The molecule has 0 aromatic heterocycles. The number of amides is 1. The van der Waals surface area contributed by atoms with Crippen LogP contribution in [0.3, 0.4) is 0 Å². The summed E-state index contributed by atoms with van der Waals surface area (Å²) in [4.78, 5) is 14.5. The van der Waals surface area contributed by atoms with Crippen molar-refractivity contribution in [2.75, 3.05) is 39.7 Å². The number of benzene rings is 2. The predicted octanol–water partition coefficient (Wildman–Crippen LogP) is 3.48. The molecule has 146 valence electrons. The normalized spacial score (nSPS) is 10.6. The molecule has 0 aliphatic rings. The van der Waals surface area contributed by atoms with Crippen molar-refractivity contribution in [3.63, 3.8) is 0 Å². The first-order chi connectivity index (χ1) is 13.0. The van der Waals surface area contributed by atoms with Crippen LogP contribution in [0.25, 0.3) is 0 Å². The Bertz CT molecular complexity index is 760. The van der Waals surface area contributed by atoms with E-state index in [4.69, 9.17) is 14.2 Å². The molecule has 0 fully saturated rings. The van der Waals surface area contributed by atoms with Crippen LogP contribution in [-0.4, -0.2) is 45.2 Å². The number of carbonyl (C=O) groups is 1. The number of carbonyl (C=O) groups excluding carboxylic acids is 1. The number of nitrogens with one attached hydrogen (secondary N) is 1. The van der Waals surface area contributed by atoms with Crippen molar-refractivity contribution in [2.24, 2.45) is 0 Å². The summed E-state index contributed by atoms with van der Waals surface area (Å²) in [6.07, 6.45) is 0. The van der Waals surface area contributed by atoms with E-state index in [-0.39, 0.29) is 5.91 Å². The van der Waals surface area contributed by atoms with Crippen LogP contribution in [0.1, 0.15) is 18.1 Å². The van der Waals surface area contributed by atoms with Gasteiger partial charge in [0.2, 0.25) is 5.91 Å². The minimum absolute atomic E-state index is 0.0554. The Hall–Kier alpha value is -2.73. The first-order valence-corrected chi connectivity index (χ1v) is 8.88. The lowest BCUT2D eigenvalue weighted by atomic mass is 10.1. The SMILES string of the molecule is CCN(CC(=O)Nc1ccc(OC)cc1)Cc1cc(OC)c(OC)cc1C. The van der Waals surface area contributed by atoms with Gasteiger partial charge in [-0.3, -0.25) is 9.69 Å². The third-order valence-electron chi connectivity index (χ3n) is 4.42. The minimum atomic E-state index is -0.0554. The van der Waals surface area contributed by atoms with Gasteiger partial charge in [0, 0.05) is 12.2 Å². The van der Waals surface area contributed by atoms with E-state index in [0.29, 0.717) is 24.6 Å². The molecule has 0 heterocycles. The second-order valence-corrected chi connectivity index (χ2v) is 6.21. The molecule has 6 nitrogen and oxygen atoms in total. The third-order valence-corrected chi connectivity index (χ3v) is 4.42. The summed E-state index contributed by atoms with van der Waals surface area (Å²) in [5.41, 5.74) is 2.95. The van der Waals surface area contributed by atoms with E-state index in [9.17, 15) is 4.79 Å². The largest absolute Gasteiger partial charge is 0.497 e. The average Bonchev–Trinajstić information content (AvgIpc) is 2.68. The van der Waals surface area contributed by atoms with Gasteiger partial charge in [-0.1, -0.05) is 6.92 Å². The van der Waals surface area contributed by atoms with Crippen LogP contribution < -0.4 is 19.5 Å². The summed E-state index contributed by atoms with van der Waals surface area (Å²) < 4.78 is 15.9. The first-order valence-electron chi connectivity index (χ1n) is 8.88. The molecule has 0 saturated heterocycles. The molecule has 2 rings (SSSR count). The molecule has 0 atom stereocenters. The molecule has 0 bridgehead atoms. The number of aryl methyl sites for hydroxylation is 1. The lowest BCUT2D eigenvalue weighted by Gasteiger charge is -2.22. The average molecular weight is 372 g/mol. The standard InChI is InChI=1S/C21H28N2O4/c1-6-23(13-16-12-20(27-5)19(26-4)11-15(16)2)14-21(24)22-17-7-9-18(25-3)10-8-17/h7-12H,6,13-14H2,1-5H3,(H,22,24). The molecule has 6 heteroatoms. The number of ether oxygens (including phenoxy) is 3. The zero-order valence-electron chi connectivity index (χ0n) is 16.7. The Balaban J connectivity index is 2.03. The number of nitrogens with zero attached hydrogens (tertiary/aromatic N) is 1. The minimum Gasteiger partial charge on any atom is -0.497 e. The molecular weight excluding hydrogens is 344 g/mol. The monoisotopic (exact) mass is 372 g/mol. The van der Waals surface area contributed by atoms with E-state index in [2.05, 4.69) is 10.2 Å². The van der Waals surface area contributed by atoms with E-state index >= 15 is 0 Å². The van der Waals surface area contributed by atoms with Gasteiger partial charge in [0.1, 0.15) is 5.75 Å². The molecule has 0 aliphatic heterocycles. The maximum Gasteiger partial charge on any atom is 0.238 e. The Morgan fingerprint density at radius 1 is 1.00 bits per heavy atom. The van der Waals surface area contributed by atoms with E-state index in [1.807, 2.05) is 50.2 Å². The maximum absolute atomic E-state index is 12.4. The van der Waals surface area contributed by atoms with Gasteiger partial charge in [-0.05, 0) is 61.0 Å². The van der Waals surface area contributed by atoms with Crippen molar-refractivity contribution in [2.45, 2.75) is 20.4 Å². The summed E-state index contributed by atoms with van der Waals surface area (Å²) in [5, 5.41) is 2.92. The molecule has 27 heavy (non-hydrogen) atoms. The highest BCUT2D eigenvalue weighted by atomic mass is 16.5. The highest BCUT2D eigenvalue weighted by Gasteiger charge is 2.14. The Labute approximate surface area is 161 Å². The zero-order chi connectivity index (χ0) is 19.8. The second-order valence-electron chi connectivity index (χ2n) is 6.21.